The Morgan fingerprint density at radius 2 is 1.33 bits per heavy atom. The van der Waals surface area contributed by atoms with Crippen LogP contribution in [0.15, 0.2) is 98.2 Å². The molecule has 0 N–H and O–H groups in total. The minimum absolute atomic E-state index is 0.0734. The molecule has 2 aromatic carbocycles. The standard InChI is InChI=1S/C21H18N2O3S/c1-15-13-18(24)14-16(2)20(15)22-21(17-9-5-3-6-10-17)23-27(25,26)19-11-7-4-8-12-19/h3-14H,1-2H3/b23-21-. The first-order valence-corrected chi connectivity index (χ1v) is 9.76. The summed E-state index contributed by atoms with van der Waals surface area (Å²) in [6.45, 7) is 3.53. The van der Waals surface area contributed by atoms with Crippen LogP contribution in [0.25, 0.3) is 0 Å². The van der Waals surface area contributed by atoms with Crippen LogP contribution in [-0.2, 0) is 14.8 Å². The van der Waals surface area contributed by atoms with Gasteiger partial charge in [0.1, 0.15) is 0 Å². The van der Waals surface area contributed by atoms with Gasteiger partial charge in [-0.25, -0.2) is 4.99 Å². The molecule has 0 unspecified atom stereocenters. The zero-order valence-corrected chi connectivity index (χ0v) is 15.8. The van der Waals surface area contributed by atoms with E-state index in [2.05, 4.69) is 9.39 Å². The number of hydrogen-bond acceptors (Lipinski definition) is 3. The van der Waals surface area contributed by atoms with E-state index in [1.54, 1.807) is 56.3 Å². The fraction of sp³-hybridized carbons (Fsp3) is 0.0952. The van der Waals surface area contributed by atoms with Crippen LogP contribution in [0.4, 0.5) is 0 Å². The lowest BCUT2D eigenvalue weighted by Crippen LogP contribution is -2.14. The van der Waals surface area contributed by atoms with Crippen LogP contribution >= 0.6 is 0 Å². The third-order valence-electron chi connectivity index (χ3n) is 3.96. The zero-order valence-electron chi connectivity index (χ0n) is 15.0. The van der Waals surface area contributed by atoms with Crippen molar-refractivity contribution in [3.8, 4) is 0 Å². The number of sulfonamides is 1. The number of ketones is 1. The number of benzene rings is 2. The van der Waals surface area contributed by atoms with E-state index in [1.165, 1.54) is 24.3 Å². The third-order valence-corrected chi connectivity index (χ3v) is 5.24. The van der Waals surface area contributed by atoms with Crippen LogP contribution in [0.5, 0.6) is 0 Å². The van der Waals surface area contributed by atoms with Gasteiger partial charge in [0.2, 0.25) is 0 Å². The number of amidine groups is 1. The molecule has 0 amide bonds. The quantitative estimate of drug-likeness (QED) is 0.464. The van der Waals surface area contributed by atoms with Crippen molar-refractivity contribution in [3.63, 3.8) is 0 Å². The Bertz CT molecular complexity index is 1070. The van der Waals surface area contributed by atoms with Crippen LogP contribution in [0.2, 0.25) is 0 Å². The van der Waals surface area contributed by atoms with Crippen molar-refractivity contribution in [2.75, 3.05) is 0 Å². The van der Waals surface area contributed by atoms with Crippen molar-refractivity contribution in [3.05, 3.63) is 89.5 Å². The average molecular weight is 378 g/mol. The SMILES string of the molecule is CC1=CC(=O)C=C(C)C1=N/C(=N\S(=O)(=O)c1ccccc1)c1ccccc1. The Balaban J connectivity index is 2.17. The first-order valence-electron chi connectivity index (χ1n) is 8.32. The molecule has 136 valence electrons. The highest BCUT2D eigenvalue weighted by Gasteiger charge is 2.18. The van der Waals surface area contributed by atoms with Crippen LogP contribution in [0, 0.1) is 0 Å². The number of nitrogens with zero attached hydrogens (tertiary/aromatic N) is 2. The molecule has 0 spiro atoms. The van der Waals surface area contributed by atoms with E-state index in [9.17, 15) is 13.2 Å². The maximum Gasteiger partial charge on any atom is 0.284 e. The van der Waals surface area contributed by atoms with E-state index >= 15 is 0 Å². The smallest absolute Gasteiger partial charge is 0.284 e. The van der Waals surface area contributed by atoms with E-state index in [4.69, 9.17) is 0 Å². The number of rotatable bonds is 3. The van der Waals surface area contributed by atoms with Crippen molar-refractivity contribution in [1.29, 1.82) is 0 Å². The average Bonchev–Trinajstić information content (AvgIpc) is 2.65. The lowest BCUT2D eigenvalue weighted by atomic mass is 9.97. The molecule has 0 fully saturated rings. The van der Waals surface area contributed by atoms with Crippen LogP contribution in [-0.4, -0.2) is 25.7 Å². The second-order valence-corrected chi connectivity index (χ2v) is 7.69. The van der Waals surface area contributed by atoms with Crippen LogP contribution < -0.4 is 0 Å². The Labute approximate surface area is 158 Å². The van der Waals surface area contributed by atoms with E-state index < -0.39 is 10.0 Å². The summed E-state index contributed by atoms with van der Waals surface area (Å²) in [5.41, 5.74) is 2.45. The molecule has 1 aliphatic rings. The molecule has 1 aliphatic carbocycles. The molecule has 5 nitrogen and oxygen atoms in total. The number of carbonyl (C=O) groups is 1. The third kappa shape index (κ3) is 4.35. The van der Waals surface area contributed by atoms with Gasteiger partial charge in [-0.05, 0) is 49.3 Å². The van der Waals surface area contributed by atoms with Gasteiger partial charge in [0.15, 0.2) is 11.6 Å². The summed E-state index contributed by atoms with van der Waals surface area (Å²) < 4.78 is 29.5. The molecule has 0 aromatic heterocycles. The Morgan fingerprint density at radius 1 is 0.815 bits per heavy atom. The first-order chi connectivity index (χ1) is 12.9. The van der Waals surface area contributed by atoms with Crippen molar-refractivity contribution >= 4 is 27.4 Å². The van der Waals surface area contributed by atoms with Gasteiger partial charge in [0, 0.05) is 5.56 Å². The lowest BCUT2D eigenvalue weighted by Gasteiger charge is -2.12. The summed E-state index contributed by atoms with van der Waals surface area (Å²) >= 11 is 0. The Kier molecular flexibility index (Phi) is 5.28. The second kappa shape index (κ2) is 7.63. The van der Waals surface area contributed by atoms with Gasteiger partial charge < -0.3 is 0 Å². The Hall–Kier alpha value is -3.12. The number of hydrogen-bond donors (Lipinski definition) is 0. The van der Waals surface area contributed by atoms with Crippen molar-refractivity contribution in [2.24, 2.45) is 9.39 Å². The molecule has 0 aliphatic heterocycles. The molecule has 0 radical (unpaired) electrons. The van der Waals surface area contributed by atoms with Crippen LogP contribution in [0.1, 0.15) is 19.4 Å². The molecular formula is C21H18N2O3S. The highest BCUT2D eigenvalue weighted by molar-refractivity contribution is 7.90. The topological polar surface area (TPSA) is 75.9 Å². The zero-order chi connectivity index (χ0) is 19.4. The second-order valence-electron chi connectivity index (χ2n) is 6.09. The van der Waals surface area contributed by atoms with Crippen molar-refractivity contribution < 1.29 is 13.2 Å². The number of carbonyl (C=O) groups excluding carboxylic acids is 1. The van der Waals surface area contributed by atoms with Crippen molar-refractivity contribution in [2.45, 2.75) is 18.7 Å². The molecule has 0 saturated heterocycles. The van der Waals surface area contributed by atoms with Gasteiger partial charge in [-0.3, -0.25) is 4.79 Å². The van der Waals surface area contributed by atoms with Crippen molar-refractivity contribution in [1.82, 2.24) is 0 Å². The molecule has 0 heterocycles. The minimum Gasteiger partial charge on any atom is -0.290 e. The van der Waals surface area contributed by atoms with Crippen LogP contribution in [0.3, 0.4) is 0 Å². The van der Waals surface area contributed by atoms with Gasteiger partial charge in [0.05, 0.1) is 10.6 Å². The maximum atomic E-state index is 12.7. The summed E-state index contributed by atoms with van der Waals surface area (Å²) in [4.78, 5) is 16.3. The lowest BCUT2D eigenvalue weighted by molar-refractivity contribution is -0.110. The summed E-state index contributed by atoms with van der Waals surface area (Å²) in [7, 11) is -3.93. The molecule has 0 saturated carbocycles. The summed E-state index contributed by atoms with van der Waals surface area (Å²) in [6.07, 6.45) is 2.94. The monoisotopic (exact) mass is 378 g/mol. The molecule has 0 bridgehead atoms. The molecule has 6 heteroatoms. The van der Waals surface area contributed by atoms with E-state index in [0.717, 1.165) is 0 Å². The highest BCUT2D eigenvalue weighted by atomic mass is 32.2. The maximum absolute atomic E-state index is 12.7. The van der Waals surface area contributed by atoms with Gasteiger partial charge in [0.25, 0.3) is 10.0 Å². The van der Waals surface area contributed by atoms with Gasteiger partial charge in [-0.1, -0.05) is 48.5 Å². The predicted molar refractivity (Wildman–Crippen MR) is 107 cm³/mol. The van der Waals surface area contributed by atoms with E-state index in [-0.39, 0.29) is 16.5 Å². The highest BCUT2D eigenvalue weighted by Crippen LogP contribution is 2.18. The van der Waals surface area contributed by atoms with Gasteiger partial charge >= 0.3 is 0 Å². The predicted octanol–water partition coefficient (Wildman–Crippen LogP) is 3.74. The van der Waals surface area contributed by atoms with Gasteiger partial charge in [-0.2, -0.15) is 8.42 Å². The molecule has 27 heavy (non-hydrogen) atoms. The van der Waals surface area contributed by atoms with E-state index in [1.807, 2.05) is 6.07 Å². The Morgan fingerprint density at radius 3 is 1.89 bits per heavy atom. The number of aliphatic imine (C=N–C) groups is 1. The molecular weight excluding hydrogens is 360 g/mol. The summed E-state index contributed by atoms with van der Waals surface area (Å²) in [6, 6.07) is 16.9. The summed E-state index contributed by atoms with van der Waals surface area (Å²) in [5, 5.41) is 0. The molecule has 2 aromatic rings. The molecule has 3 rings (SSSR count). The van der Waals surface area contributed by atoms with E-state index in [0.29, 0.717) is 22.4 Å². The number of allylic oxidation sites excluding steroid dienone is 4. The largest absolute Gasteiger partial charge is 0.290 e. The molecule has 0 atom stereocenters. The fourth-order valence-electron chi connectivity index (χ4n) is 2.68. The van der Waals surface area contributed by atoms with Gasteiger partial charge in [-0.15, -0.1) is 4.40 Å². The fourth-order valence-corrected chi connectivity index (χ4v) is 3.66. The minimum atomic E-state index is -3.93. The summed E-state index contributed by atoms with van der Waals surface area (Å²) in [5.74, 6) is -0.0386. The normalized spacial score (nSPS) is 15.3. The first kappa shape index (κ1) is 18.7.